The Morgan fingerprint density at radius 1 is 1.43 bits per heavy atom. The van der Waals surface area contributed by atoms with Crippen LogP contribution in [0.25, 0.3) is 0 Å². The fraction of sp³-hybridized carbons (Fsp3) is 0.438. The smallest absolute Gasteiger partial charge is 0.267 e. The molecule has 1 aliphatic heterocycles. The second kappa shape index (κ2) is 6.76. The van der Waals surface area contributed by atoms with Crippen LogP contribution >= 0.6 is 0 Å². The monoisotopic (exact) mass is 321 g/mol. The summed E-state index contributed by atoms with van der Waals surface area (Å²) in [6, 6.07) is 5.98. The number of amides is 2. The van der Waals surface area contributed by atoms with Crippen molar-refractivity contribution in [2.45, 2.75) is 25.4 Å². The number of hydrogen-bond donors (Lipinski definition) is 1. The fourth-order valence-electron chi connectivity index (χ4n) is 2.18. The Labute approximate surface area is 134 Å². The molecule has 0 unspecified atom stereocenters. The van der Waals surface area contributed by atoms with E-state index in [1.54, 1.807) is 33.2 Å². The largest absolute Gasteiger partial charge is 0.379 e. The van der Waals surface area contributed by atoms with Crippen molar-refractivity contribution < 1.29 is 18.8 Å². The molecule has 0 spiro atoms. The quantitative estimate of drug-likeness (QED) is 0.889. The highest BCUT2D eigenvalue weighted by molar-refractivity contribution is 6.05. The third-order valence-electron chi connectivity index (χ3n) is 3.62. The molecule has 124 valence electrons. The normalized spacial score (nSPS) is 19.7. The highest BCUT2D eigenvalue weighted by Gasteiger charge is 2.42. The molecule has 1 atom stereocenters. The van der Waals surface area contributed by atoms with Crippen molar-refractivity contribution in [3.8, 4) is 0 Å². The van der Waals surface area contributed by atoms with Crippen LogP contribution in [0.5, 0.6) is 0 Å². The number of nitrogens with one attached hydrogen (secondary N) is 1. The van der Waals surface area contributed by atoms with Crippen molar-refractivity contribution in [1.82, 2.24) is 10.2 Å². The Balaban J connectivity index is 1.91. The van der Waals surface area contributed by atoms with E-state index in [9.17, 15) is 14.0 Å². The van der Waals surface area contributed by atoms with E-state index in [0.29, 0.717) is 11.3 Å². The van der Waals surface area contributed by atoms with E-state index in [1.165, 1.54) is 17.0 Å². The van der Waals surface area contributed by atoms with E-state index < -0.39 is 5.60 Å². The highest BCUT2D eigenvalue weighted by atomic mass is 19.1. The van der Waals surface area contributed by atoms with Crippen LogP contribution in [0.2, 0.25) is 0 Å². The first-order valence-electron chi connectivity index (χ1n) is 7.31. The minimum absolute atomic E-state index is 0.0699. The van der Waals surface area contributed by atoms with Crippen molar-refractivity contribution >= 4 is 17.5 Å². The van der Waals surface area contributed by atoms with E-state index in [4.69, 9.17) is 4.84 Å². The SMILES string of the molecule is CN(C)C(=O)CCNC(=O)[C@@]1(C)CC(c2cccc(F)c2)=NO1. The molecule has 2 rings (SSSR count). The molecule has 0 aromatic heterocycles. The molecule has 7 heteroatoms. The van der Waals surface area contributed by atoms with Gasteiger partial charge in [0, 0.05) is 39.0 Å². The van der Waals surface area contributed by atoms with Gasteiger partial charge in [-0.2, -0.15) is 0 Å². The van der Waals surface area contributed by atoms with Gasteiger partial charge in [0.2, 0.25) is 11.5 Å². The van der Waals surface area contributed by atoms with E-state index in [2.05, 4.69) is 10.5 Å². The van der Waals surface area contributed by atoms with Crippen molar-refractivity contribution in [1.29, 1.82) is 0 Å². The summed E-state index contributed by atoms with van der Waals surface area (Å²) in [5, 5.41) is 6.58. The van der Waals surface area contributed by atoms with Gasteiger partial charge >= 0.3 is 0 Å². The minimum Gasteiger partial charge on any atom is -0.379 e. The zero-order valence-electron chi connectivity index (χ0n) is 13.4. The highest BCUT2D eigenvalue weighted by Crippen LogP contribution is 2.27. The lowest BCUT2D eigenvalue weighted by Gasteiger charge is -2.20. The molecule has 0 fully saturated rings. The average molecular weight is 321 g/mol. The summed E-state index contributed by atoms with van der Waals surface area (Å²) in [6.45, 7) is 1.84. The lowest BCUT2D eigenvalue weighted by molar-refractivity contribution is -0.141. The molecular weight excluding hydrogens is 301 g/mol. The van der Waals surface area contributed by atoms with Gasteiger partial charge in [0.15, 0.2) is 0 Å². The van der Waals surface area contributed by atoms with Crippen LogP contribution < -0.4 is 5.32 Å². The van der Waals surface area contributed by atoms with Crippen LogP contribution in [0.15, 0.2) is 29.4 Å². The molecule has 1 aliphatic rings. The summed E-state index contributed by atoms with van der Waals surface area (Å²) < 4.78 is 13.3. The predicted octanol–water partition coefficient (Wildman–Crippen LogP) is 1.30. The predicted molar refractivity (Wildman–Crippen MR) is 83.4 cm³/mol. The van der Waals surface area contributed by atoms with Crippen LogP contribution in [-0.2, 0) is 14.4 Å². The molecule has 1 aromatic carbocycles. The number of halogens is 1. The first kappa shape index (κ1) is 16.9. The van der Waals surface area contributed by atoms with Gasteiger partial charge in [0.05, 0.1) is 5.71 Å². The maximum Gasteiger partial charge on any atom is 0.267 e. The Morgan fingerprint density at radius 3 is 2.83 bits per heavy atom. The summed E-state index contributed by atoms with van der Waals surface area (Å²) in [5.74, 6) is -0.788. The van der Waals surface area contributed by atoms with Crippen molar-refractivity contribution in [2.75, 3.05) is 20.6 Å². The molecule has 1 N–H and O–H groups in total. The second-order valence-corrected chi connectivity index (χ2v) is 5.84. The molecule has 0 saturated carbocycles. The molecular formula is C16H20FN3O3. The van der Waals surface area contributed by atoms with E-state index in [1.807, 2.05) is 0 Å². The fourth-order valence-corrected chi connectivity index (χ4v) is 2.18. The third-order valence-corrected chi connectivity index (χ3v) is 3.62. The zero-order valence-corrected chi connectivity index (χ0v) is 13.4. The van der Waals surface area contributed by atoms with Crippen molar-refractivity contribution in [3.05, 3.63) is 35.6 Å². The number of carbonyl (C=O) groups is 2. The molecule has 6 nitrogen and oxygen atoms in total. The van der Waals surface area contributed by atoms with Gasteiger partial charge in [0.1, 0.15) is 5.82 Å². The summed E-state index contributed by atoms with van der Waals surface area (Å²) in [6.07, 6.45) is 0.455. The summed E-state index contributed by atoms with van der Waals surface area (Å²) in [5.41, 5.74) is -0.0427. The Hall–Kier alpha value is -2.44. The zero-order chi connectivity index (χ0) is 17.0. The van der Waals surface area contributed by atoms with E-state index in [-0.39, 0.29) is 37.0 Å². The Bertz CT molecular complexity index is 645. The summed E-state index contributed by atoms with van der Waals surface area (Å²) in [4.78, 5) is 30.5. The van der Waals surface area contributed by atoms with Crippen LogP contribution in [0.3, 0.4) is 0 Å². The van der Waals surface area contributed by atoms with Crippen LogP contribution in [-0.4, -0.2) is 48.7 Å². The molecule has 0 bridgehead atoms. The molecule has 1 heterocycles. The van der Waals surface area contributed by atoms with Gasteiger partial charge in [0.25, 0.3) is 5.91 Å². The standard InChI is InChI=1S/C16H20FN3O3/c1-16(15(22)18-8-7-14(21)20(2)3)10-13(19-23-16)11-5-4-6-12(17)9-11/h4-6,9H,7-8,10H2,1-3H3,(H,18,22)/t16-/m1/s1. The van der Waals surface area contributed by atoms with Crippen molar-refractivity contribution in [3.63, 3.8) is 0 Å². The van der Waals surface area contributed by atoms with Gasteiger partial charge in [-0.15, -0.1) is 0 Å². The van der Waals surface area contributed by atoms with Crippen LogP contribution in [0.4, 0.5) is 4.39 Å². The molecule has 0 saturated heterocycles. The maximum absolute atomic E-state index is 13.3. The maximum atomic E-state index is 13.3. The molecule has 0 aliphatic carbocycles. The third kappa shape index (κ3) is 4.06. The number of hydrogen-bond acceptors (Lipinski definition) is 4. The number of carbonyl (C=O) groups excluding carboxylic acids is 2. The minimum atomic E-state index is -1.15. The van der Waals surface area contributed by atoms with Gasteiger partial charge in [-0.1, -0.05) is 17.3 Å². The van der Waals surface area contributed by atoms with Gasteiger partial charge in [-0.25, -0.2) is 4.39 Å². The van der Waals surface area contributed by atoms with Crippen molar-refractivity contribution in [2.24, 2.45) is 5.16 Å². The van der Waals surface area contributed by atoms with E-state index >= 15 is 0 Å². The van der Waals surface area contributed by atoms with Gasteiger partial charge in [-0.3, -0.25) is 9.59 Å². The van der Waals surface area contributed by atoms with Crippen LogP contribution in [0.1, 0.15) is 25.3 Å². The van der Waals surface area contributed by atoms with Gasteiger partial charge in [-0.05, 0) is 19.1 Å². The molecule has 0 radical (unpaired) electrons. The molecule has 23 heavy (non-hydrogen) atoms. The van der Waals surface area contributed by atoms with Crippen LogP contribution in [0, 0.1) is 5.82 Å². The molecule has 1 aromatic rings. The first-order valence-corrected chi connectivity index (χ1v) is 7.31. The average Bonchev–Trinajstić information content (AvgIpc) is 2.91. The summed E-state index contributed by atoms with van der Waals surface area (Å²) in [7, 11) is 3.31. The second-order valence-electron chi connectivity index (χ2n) is 5.84. The van der Waals surface area contributed by atoms with Gasteiger partial charge < -0.3 is 15.1 Å². The number of nitrogens with zero attached hydrogens (tertiary/aromatic N) is 2. The number of benzene rings is 1. The Kier molecular flexibility index (Phi) is 4.98. The van der Waals surface area contributed by atoms with E-state index in [0.717, 1.165) is 0 Å². The lowest BCUT2D eigenvalue weighted by Crippen LogP contribution is -2.45. The topological polar surface area (TPSA) is 71.0 Å². The number of rotatable bonds is 5. The lowest BCUT2D eigenvalue weighted by atomic mass is 9.95. The number of oxime groups is 1. The summed E-state index contributed by atoms with van der Waals surface area (Å²) >= 11 is 0. The Morgan fingerprint density at radius 2 is 2.17 bits per heavy atom. The molecule has 2 amide bonds. The first-order chi connectivity index (χ1) is 10.8.